The smallest absolute Gasteiger partial charge is 0.0866 e. The van der Waals surface area contributed by atoms with E-state index in [2.05, 4.69) is 55.4 Å². The molecule has 1 aromatic carbocycles. The van der Waals surface area contributed by atoms with Crippen LogP contribution in [0.2, 0.25) is 0 Å². The number of benzene rings is 1. The highest BCUT2D eigenvalue weighted by Gasteiger charge is 2.29. The van der Waals surface area contributed by atoms with Gasteiger partial charge in [-0.1, -0.05) is 6.07 Å². The first-order chi connectivity index (χ1) is 9.22. The van der Waals surface area contributed by atoms with Gasteiger partial charge in [0.2, 0.25) is 0 Å². The fraction of sp³-hybridized carbons (Fsp3) is 0.571. The molecule has 2 atom stereocenters. The standard InChI is InChI=1S/C14H19Br2NO2/c1-18-7-5-17-9-11-4-6-19-14(11)10-2-3-12(15)13(16)8-10/h2-3,8,11,14,17H,4-7,9H2,1H3. The molecule has 0 aromatic heterocycles. The zero-order chi connectivity index (χ0) is 13.7. The maximum Gasteiger partial charge on any atom is 0.0866 e. The normalized spacial score (nSPS) is 22.9. The molecule has 106 valence electrons. The van der Waals surface area contributed by atoms with E-state index in [9.17, 15) is 0 Å². The summed E-state index contributed by atoms with van der Waals surface area (Å²) in [7, 11) is 1.72. The first kappa shape index (κ1) is 15.4. The summed E-state index contributed by atoms with van der Waals surface area (Å²) < 4.78 is 13.1. The minimum absolute atomic E-state index is 0.194. The van der Waals surface area contributed by atoms with Gasteiger partial charge in [-0.05, 0) is 56.0 Å². The van der Waals surface area contributed by atoms with Crippen LogP contribution in [0.3, 0.4) is 0 Å². The Kier molecular flexibility index (Phi) is 6.29. The molecule has 5 heteroatoms. The maximum atomic E-state index is 5.90. The summed E-state index contributed by atoms with van der Waals surface area (Å²) in [5.74, 6) is 0.532. The summed E-state index contributed by atoms with van der Waals surface area (Å²) in [5, 5.41) is 3.43. The Labute approximate surface area is 131 Å². The van der Waals surface area contributed by atoms with Crippen LogP contribution in [0.15, 0.2) is 27.1 Å². The number of methoxy groups -OCH3 is 1. The van der Waals surface area contributed by atoms with Crippen molar-refractivity contribution in [3.63, 3.8) is 0 Å². The Morgan fingerprint density at radius 2 is 2.21 bits per heavy atom. The van der Waals surface area contributed by atoms with E-state index >= 15 is 0 Å². The lowest BCUT2D eigenvalue weighted by Crippen LogP contribution is -2.27. The summed E-state index contributed by atoms with van der Waals surface area (Å²) in [6.45, 7) is 3.46. The van der Waals surface area contributed by atoms with Gasteiger partial charge in [0.05, 0.1) is 12.7 Å². The van der Waals surface area contributed by atoms with Crippen molar-refractivity contribution in [1.29, 1.82) is 0 Å². The van der Waals surface area contributed by atoms with Crippen molar-refractivity contribution in [1.82, 2.24) is 5.32 Å². The van der Waals surface area contributed by atoms with Gasteiger partial charge in [-0.25, -0.2) is 0 Å². The Morgan fingerprint density at radius 3 is 2.95 bits per heavy atom. The highest BCUT2D eigenvalue weighted by atomic mass is 79.9. The van der Waals surface area contributed by atoms with E-state index in [4.69, 9.17) is 9.47 Å². The molecule has 1 N–H and O–H groups in total. The van der Waals surface area contributed by atoms with E-state index in [1.807, 2.05) is 0 Å². The van der Waals surface area contributed by atoms with Crippen LogP contribution in [0.1, 0.15) is 18.1 Å². The molecule has 0 spiro atoms. The third-order valence-corrected chi connectivity index (χ3v) is 5.26. The van der Waals surface area contributed by atoms with Gasteiger partial charge in [0.25, 0.3) is 0 Å². The van der Waals surface area contributed by atoms with Gasteiger partial charge in [-0.3, -0.25) is 0 Å². The molecule has 19 heavy (non-hydrogen) atoms. The Bertz CT molecular complexity index is 414. The van der Waals surface area contributed by atoms with Crippen molar-refractivity contribution >= 4 is 31.9 Å². The van der Waals surface area contributed by atoms with Gasteiger partial charge in [0, 0.05) is 41.7 Å². The molecule has 2 rings (SSSR count). The van der Waals surface area contributed by atoms with Gasteiger partial charge in [0.15, 0.2) is 0 Å². The molecule has 0 saturated carbocycles. The van der Waals surface area contributed by atoms with Crippen molar-refractivity contribution in [2.75, 3.05) is 33.4 Å². The van der Waals surface area contributed by atoms with Crippen molar-refractivity contribution in [2.45, 2.75) is 12.5 Å². The van der Waals surface area contributed by atoms with Crippen LogP contribution in [0.5, 0.6) is 0 Å². The highest BCUT2D eigenvalue weighted by molar-refractivity contribution is 9.13. The van der Waals surface area contributed by atoms with Crippen LogP contribution >= 0.6 is 31.9 Å². The zero-order valence-corrected chi connectivity index (χ0v) is 14.2. The molecule has 1 aliphatic heterocycles. The number of halogens is 2. The lowest BCUT2D eigenvalue weighted by Gasteiger charge is -2.20. The second kappa shape index (κ2) is 7.74. The predicted molar refractivity (Wildman–Crippen MR) is 83.4 cm³/mol. The van der Waals surface area contributed by atoms with Crippen molar-refractivity contribution in [2.24, 2.45) is 5.92 Å². The third-order valence-electron chi connectivity index (χ3n) is 3.38. The summed E-state index contributed by atoms with van der Waals surface area (Å²) in [6.07, 6.45) is 1.30. The largest absolute Gasteiger partial charge is 0.383 e. The maximum absolute atomic E-state index is 5.90. The number of hydrogen-bond donors (Lipinski definition) is 1. The van der Waals surface area contributed by atoms with E-state index in [0.29, 0.717) is 5.92 Å². The van der Waals surface area contributed by atoms with Gasteiger partial charge < -0.3 is 14.8 Å². The van der Waals surface area contributed by atoms with E-state index in [0.717, 1.165) is 41.7 Å². The fourth-order valence-electron chi connectivity index (χ4n) is 2.36. The minimum atomic E-state index is 0.194. The topological polar surface area (TPSA) is 30.5 Å². The van der Waals surface area contributed by atoms with Crippen LogP contribution in [0.4, 0.5) is 0 Å². The van der Waals surface area contributed by atoms with Gasteiger partial charge in [0.1, 0.15) is 0 Å². The summed E-state index contributed by atoms with van der Waals surface area (Å²) >= 11 is 7.05. The predicted octanol–water partition coefficient (Wildman–Crippen LogP) is 3.53. The zero-order valence-electron chi connectivity index (χ0n) is 11.0. The van der Waals surface area contributed by atoms with Crippen LogP contribution < -0.4 is 5.32 Å². The molecule has 2 unspecified atom stereocenters. The summed E-state index contributed by atoms with van der Waals surface area (Å²) in [4.78, 5) is 0. The average molecular weight is 393 g/mol. The number of rotatable bonds is 6. The molecule has 0 radical (unpaired) electrons. The monoisotopic (exact) mass is 391 g/mol. The van der Waals surface area contributed by atoms with E-state index in [1.165, 1.54) is 5.56 Å². The Morgan fingerprint density at radius 1 is 1.37 bits per heavy atom. The molecule has 1 aliphatic rings. The van der Waals surface area contributed by atoms with Gasteiger partial charge in [-0.15, -0.1) is 0 Å². The molecule has 0 amide bonds. The summed E-state index contributed by atoms with van der Waals surface area (Å²) in [6, 6.07) is 6.34. The second-order valence-electron chi connectivity index (χ2n) is 4.71. The molecule has 1 aromatic rings. The first-order valence-electron chi connectivity index (χ1n) is 6.48. The molecule has 0 aliphatic carbocycles. The van der Waals surface area contributed by atoms with Gasteiger partial charge in [-0.2, -0.15) is 0 Å². The van der Waals surface area contributed by atoms with Crippen LogP contribution in [0, 0.1) is 5.92 Å². The molecular formula is C14H19Br2NO2. The van der Waals surface area contributed by atoms with Crippen molar-refractivity contribution < 1.29 is 9.47 Å². The average Bonchev–Trinajstić information content (AvgIpc) is 2.86. The van der Waals surface area contributed by atoms with E-state index < -0.39 is 0 Å². The van der Waals surface area contributed by atoms with E-state index in [-0.39, 0.29) is 6.10 Å². The van der Waals surface area contributed by atoms with Crippen molar-refractivity contribution in [3.05, 3.63) is 32.7 Å². The molecule has 0 bridgehead atoms. The molecule has 1 saturated heterocycles. The Hall–Kier alpha value is 0.0600. The summed E-state index contributed by atoms with van der Waals surface area (Å²) in [5.41, 5.74) is 1.24. The Balaban J connectivity index is 1.95. The first-order valence-corrected chi connectivity index (χ1v) is 8.07. The van der Waals surface area contributed by atoms with Crippen molar-refractivity contribution in [3.8, 4) is 0 Å². The SMILES string of the molecule is COCCNCC1CCOC1c1ccc(Br)c(Br)c1. The highest BCUT2D eigenvalue weighted by Crippen LogP contribution is 2.36. The van der Waals surface area contributed by atoms with Crippen LogP contribution in [-0.2, 0) is 9.47 Å². The number of nitrogens with one attached hydrogen (secondary N) is 1. The molecule has 1 heterocycles. The molecular weight excluding hydrogens is 374 g/mol. The fourth-order valence-corrected chi connectivity index (χ4v) is 3.01. The third kappa shape index (κ3) is 4.26. The second-order valence-corrected chi connectivity index (χ2v) is 6.42. The molecule has 3 nitrogen and oxygen atoms in total. The van der Waals surface area contributed by atoms with Crippen LogP contribution in [-0.4, -0.2) is 33.4 Å². The van der Waals surface area contributed by atoms with Gasteiger partial charge >= 0.3 is 0 Å². The van der Waals surface area contributed by atoms with Crippen LogP contribution in [0.25, 0.3) is 0 Å². The quantitative estimate of drug-likeness (QED) is 0.751. The number of ether oxygens (including phenoxy) is 2. The lowest BCUT2D eigenvalue weighted by atomic mass is 9.95. The van der Waals surface area contributed by atoms with E-state index in [1.54, 1.807) is 7.11 Å². The number of hydrogen-bond acceptors (Lipinski definition) is 3. The minimum Gasteiger partial charge on any atom is -0.383 e. The lowest BCUT2D eigenvalue weighted by molar-refractivity contribution is 0.0898. The molecule has 1 fully saturated rings.